The van der Waals surface area contributed by atoms with Crippen LogP contribution in [0.5, 0.6) is 11.5 Å². The minimum atomic E-state index is -0.532. The fourth-order valence-corrected chi connectivity index (χ4v) is 3.57. The van der Waals surface area contributed by atoms with Crippen LogP contribution in [0.3, 0.4) is 0 Å². The Morgan fingerprint density at radius 2 is 1.82 bits per heavy atom. The number of carbonyl (C=O) groups is 1. The molecule has 5 rings (SSSR count). The molecule has 2 aromatic carbocycles. The summed E-state index contributed by atoms with van der Waals surface area (Å²) in [6, 6.07) is 18.8. The first-order valence-corrected chi connectivity index (χ1v) is 9.19. The number of hydrogen-bond acceptors (Lipinski definition) is 5. The summed E-state index contributed by atoms with van der Waals surface area (Å²) in [5.41, 5.74) is 8.63. The standard InChI is InChI=1S/C22H19N3O3/c23-16-4-1-3-14(11-16)17-5-2-6-20(24-17)25-21(26)22(9-10-22)15-7-8-18-19(12-15)28-13-27-18/h1-8,11-12H,9-10,13,23H2,(H,24,25,26). The number of rotatable bonds is 4. The lowest BCUT2D eigenvalue weighted by atomic mass is 9.94. The van der Waals surface area contributed by atoms with Gasteiger partial charge >= 0.3 is 0 Å². The molecule has 0 bridgehead atoms. The van der Waals surface area contributed by atoms with Crippen LogP contribution in [0.2, 0.25) is 0 Å². The summed E-state index contributed by atoms with van der Waals surface area (Å²) in [6.45, 7) is 0.221. The van der Waals surface area contributed by atoms with Crippen molar-refractivity contribution in [2.75, 3.05) is 17.8 Å². The van der Waals surface area contributed by atoms with Crippen molar-refractivity contribution >= 4 is 17.4 Å². The van der Waals surface area contributed by atoms with Crippen LogP contribution in [0.1, 0.15) is 18.4 Å². The second-order valence-electron chi connectivity index (χ2n) is 7.14. The van der Waals surface area contributed by atoms with Gasteiger partial charge in [-0.1, -0.05) is 24.3 Å². The van der Waals surface area contributed by atoms with Gasteiger partial charge in [0.15, 0.2) is 11.5 Å². The van der Waals surface area contributed by atoms with Crippen LogP contribution in [0.15, 0.2) is 60.7 Å². The molecule has 3 aromatic rings. The fraction of sp³-hybridized carbons (Fsp3) is 0.182. The summed E-state index contributed by atoms with van der Waals surface area (Å²) < 4.78 is 10.8. The van der Waals surface area contributed by atoms with E-state index in [-0.39, 0.29) is 12.7 Å². The Morgan fingerprint density at radius 3 is 2.64 bits per heavy atom. The number of hydrogen-bond donors (Lipinski definition) is 2. The molecule has 1 aliphatic heterocycles. The average Bonchev–Trinajstić information content (AvgIpc) is 3.39. The number of amides is 1. The van der Waals surface area contributed by atoms with Gasteiger partial charge in [-0.3, -0.25) is 4.79 Å². The van der Waals surface area contributed by atoms with E-state index in [1.165, 1.54) is 0 Å². The third-order valence-electron chi connectivity index (χ3n) is 5.28. The number of nitrogens with zero attached hydrogens (tertiary/aromatic N) is 1. The van der Waals surface area contributed by atoms with E-state index in [0.29, 0.717) is 17.3 Å². The Bertz CT molecular complexity index is 1080. The molecular formula is C22H19N3O3. The summed E-state index contributed by atoms with van der Waals surface area (Å²) >= 11 is 0. The van der Waals surface area contributed by atoms with Gasteiger partial charge in [0.25, 0.3) is 0 Å². The van der Waals surface area contributed by atoms with Crippen molar-refractivity contribution in [2.45, 2.75) is 18.3 Å². The van der Waals surface area contributed by atoms with Gasteiger partial charge in [0, 0.05) is 11.3 Å². The van der Waals surface area contributed by atoms with E-state index in [1.807, 2.05) is 54.6 Å². The summed E-state index contributed by atoms with van der Waals surface area (Å²) in [4.78, 5) is 17.6. The van der Waals surface area contributed by atoms with E-state index in [1.54, 1.807) is 6.07 Å². The number of carbonyl (C=O) groups excluding carboxylic acids is 1. The second-order valence-corrected chi connectivity index (χ2v) is 7.14. The zero-order valence-electron chi connectivity index (χ0n) is 15.1. The third-order valence-corrected chi connectivity index (χ3v) is 5.28. The monoisotopic (exact) mass is 373 g/mol. The molecule has 1 saturated carbocycles. The highest BCUT2D eigenvalue weighted by atomic mass is 16.7. The summed E-state index contributed by atoms with van der Waals surface area (Å²) in [5.74, 6) is 1.88. The number of nitrogen functional groups attached to an aromatic ring is 1. The number of fused-ring (bicyclic) bond motifs is 1. The second kappa shape index (κ2) is 6.27. The number of nitrogens with one attached hydrogen (secondary N) is 1. The van der Waals surface area contributed by atoms with Crippen LogP contribution in [-0.2, 0) is 10.2 Å². The predicted molar refractivity (Wildman–Crippen MR) is 106 cm³/mol. The molecule has 0 unspecified atom stereocenters. The molecule has 1 amide bonds. The Labute approximate surface area is 162 Å². The van der Waals surface area contributed by atoms with Crippen molar-refractivity contribution in [2.24, 2.45) is 0 Å². The molecule has 0 saturated heterocycles. The molecule has 2 aliphatic rings. The van der Waals surface area contributed by atoms with E-state index in [4.69, 9.17) is 15.2 Å². The lowest BCUT2D eigenvalue weighted by Crippen LogP contribution is -2.28. The van der Waals surface area contributed by atoms with Crippen LogP contribution in [0, 0.1) is 0 Å². The predicted octanol–water partition coefficient (Wildman–Crippen LogP) is 3.73. The lowest BCUT2D eigenvalue weighted by Gasteiger charge is -2.16. The zero-order chi connectivity index (χ0) is 19.1. The Kier molecular flexibility index (Phi) is 3.72. The molecule has 140 valence electrons. The Morgan fingerprint density at radius 1 is 1.00 bits per heavy atom. The van der Waals surface area contributed by atoms with Gasteiger partial charge in [-0.2, -0.15) is 0 Å². The number of pyridine rings is 1. The highest BCUT2D eigenvalue weighted by Crippen LogP contribution is 2.51. The van der Waals surface area contributed by atoms with Crippen LogP contribution >= 0.6 is 0 Å². The number of nitrogens with two attached hydrogens (primary N) is 1. The number of benzene rings is 2. The van der Waals surface area contributed by atoms with Crippen molar-refractivity contribution in [1.29, 1.82) is 0 Å². The summed E-state index contributed by atoms with van der Waals surface area (Å²) in [7, 11) is 0. The van der Waals surface area contributed by atoms with Crippen LogP contribution in [0.25, 0.3) is 11.3 Å². The molecule has 0 radical (unpaired) electrons. The van der Waals surface area contributed by atoms with Gasteiger partial charge in [0.1, 0.15) is 5.82 Å². The maximum absolute atomic E-state index is 13.1. The number of aromatic nitrogens is 1. The molecular weight excluding hydrogens is 354 g/mol. The summed E-state index contributed by atoms with van der Waals surface area (Å²) in [5, 5.41) is 2.98. The lowest BCUT2D eigenvalue weighted by molar-refractivity contribution is -0.118. The first kappa shape index (κ1) is 16.6. The van der Waals surface area contributed by atoms with Crippen LogP contribution in [-0.4, -0.2) is 17.7 Å². The van der Waals surface area contributed by atoms with E-state index < -0.39 is 5.41 Å². The highest BCUT2D eigenvalue weighted by molar-refractivity contribution is 6.01. The molecule has 6 heteroatoms. The molecule has 1 aromatic heterocycles. The van der Waals surface area contributed by atoms with Gasteiger partial charge in [-0.05, 0) is 54.8 Å². The van der Waals surface area contributed by atoms with E-state index in [2.05, 4.69) is 10.3 Å². The van der Waals surface area contributed by atoms with Crippen LogP contribution < -0.4 is 20.5 Å². The largest absolute Gasteiger partial charge is 0.454 e. The molecule has 3 N–H and O–H groups in total. The Balaban J connectivity index is 1.39. The van der Waals surface area contributed by atoms with Crippen molar-refractivity contribution < 1.29 is 14.3 Å². The van der Waals surface area contributed by atoms with Crippen molar-refractivity contribution in [3.05, 3.63) is 66.2 Å². The first-order valence-electron chi connectivity index (χ1n) is 9.19. The average molecular weight is 373 g/mol. The smallest absolute Gasteiger partial charge is 0.236 e. The Hall–Kier alpha value is -3.54. The SMILES string of the molecule is Nc1cccc(-c2cccc(NC(=O)C3(c4ccc5c(c4)OCO5)CC3)n2)c1. The zero-order valence-corrected chi connectivity index (χ0v) is 15.1. The van der Waals surface area contributed by atoms with Crippen LogP contribution in [0.4, 0.5) is 11.5 Å². The van der Waals surface area contributed by atoms with E-state index in [9.17, 15) is 4.79 Å². The van der Waals surface area contributed by atoms with Gasteiger partial charge in [0.2, 0.25) is 12.7 Å². The minimum absolute atomic E-state index is 0.0522. The van der Waals surface area contributed by atoms with Crippen molar-refractivity contribution in [1.82, 2.24) is 4.98 Å². The van der Waals surface area contributed by atoms with Gasteiger partial charge in [-0.15, -0.1) is 0 Å². The fourth-order valence-electron chi connectivity index (χ4n) is 3.57. The van der Waals surface area contributed by atoms with Gasteiger partial charge in [0.05, 0.1) is 11.1 Å². The molecule has 6 nitrogen and oxygen atoms in total. The summed E-state index contributed by atoms with van der Waals surface area (Å²) in [6.07, 6.45) is 1.60. The van der Waals surface area contributed by atoms with Crippen molar-refractivity contribution in [3.63, 3.8) is 0 Å². The van der Waals surface area contributed by atoms with Gasteiger partial charge < -0.3 is 20.5 Å². The molecule has 28 heavy (non-hydrogen) atoms. The maximum Gasteiger partial charge on any atom is 0.236 e. The highest BCUT2D eigenvalue weighted by Gasteiger charge is 2.51. The maximum atomic E-state index is 13.1. The molecule has 0 atom stereocenters. The quantitative estimate of drug-likeness (QED) is 0.681. The van der Waals surface area contributed by atoms with Gasteiger partial charge in [-0.25, -0.2) is 4.98 Å². The molecule has 1 aliphatic carbocycles. The van der Waals surface area contributed by atoms with E-state index in [0.717, 1.165) is 35.4 Å². The first-order chi connectivity index (χ1) is 13.6. The molecule has 0 spiro atoms. The number of ether oxygens (including phenoxy) is 2. The molecule has 2 heterocycles. The van der Waals surface area contributed by atoms with Crippen molar-refractivity contribution in [3.8, 4) is 22.8 Å². The normalized spacial score (nSPS) is 15.9. The number of anilines is 2. The van der Waals surface area contributed by atoms with E-state index >= 15 is 0 Å². The topological polar surface area (TPSA) is 86.5 Å². The molecule has 1 fully saturated rings. The third kappa shape index (κ3) is 2.83. The minimum Gasteiger partial charge on any atom is -0.454 e.